The first-order valence-electron chi connectivity index (χ1n) is 4.55. The van der Waals surface area contributed by atoms with Crippen molar-refractivity contribution >= 4 is 34.1 Å². The third kappa shape index (κ3) is 2.65. The van der Waals surface area contributed by atoms with Gasteiger partial charge in [0.05, 0.1) is 3.57 Å². The zero-order chi connectivity index (χ0) is 10.7. The molecule has 0 aliphatic rings. The second-order valence-electron chi connectivity index (χ2n) is 3.21. The van der Waals surface area contributed by atoms with Crippen molar-refractivity contribution in [3.8, 4) is 0 Å². The van der Waals surface area contributed by atoms with Gasteiger partial charge >= 0.3 is 0 Å². The van der Waals surface area contributed by atoms with Crippen LogP contribution in [0.1, 0.15) is 5.56 Å². The SMILES string of the molecule is Cc1cccc(Nc2ncncc2I)c1. The van der Waals surface area contributed by atoms with Crippen molar-refractivity contribution in [2.45, 2.75) is 6.92 Å². The summed E-state index contributed by atoms with van der Waals surface area (Å²) in [4.78, 5) is 8.12. The zero-order valence-electron chi connectivity index (χ0n) is 8.24. The maximum atomic E-state index is 4.17. The molecule has 1 heterocycles. The van der Waals surface area contributed by atoms with Gasteiger partial charge in [-0.05, 0) is 47.2 Å². The highest BCUT2D eigenvalue weighted by Gasteiger charge is 2.00. The molecule has 0 spiro atoms. The number of aromatic nitrogens is 2. The molecule has 0 aliphatic carbocycles. The summed E-state index contributed by atoms with van der Waals surface area (Å²) in [5.74, 6) is 0.844. The van der Waals surface area contributed by atoms with Crippen LogP contribution in [-0.4, -0.2) is 9.97 Å². The van der Waals surface area contributed by atoms with E-state index in [1.807, 2.05) is 12.1 Å². The normalized spacial score (nSPS) is 10.0. The number of rotatable bonds is 2. The predicted octanol–water partition coefficient (Wildman–Crippen LogP) is 3.13. The molecule has 4 heteroatoms. The highest BCUT2D eigenvalue weighted by atomic mass is 127. The Hall–Kier alpha value is -1.17. The van der Waals surface area contributed by atoms with E-state index in [4.69, 9.17) is 0 Å². The molecule has 0 saturated heterocycles. The number of benzene rings is 1. The van der Waals surface area contributed by atoms with Crippen LogP contribution in [0.2, 0.25) is 0 Å². The molecular weight excluding hydrogens is 301 g/mol. The van der Waals surface area contributed by atoms with Gasteiger partial charge in [0, 0.05) is 11.9 Å². The van der Waals surface area contributed by atoms with E-state index in [0.717, 1.165) is 15.1 Å². The molecule has 15 heavy (non-hydrogen) atoms. The minimum Gasteiger partial charge on any atom is -0.339 e. The van der Waals surface area contributed by atoms with Gasteiger partial charge in [-0.25, -0.2) is 9.97 Å². The van der Waals surface area contributed by atoms with Crippen LogP contribution >= 0.6 is 22.6 Å². The molecule has 2 rings (SSSR count). The van der Waals surface area contributed by atoms with Crippen molar-refractivity contribution in [3.63, 3.8) is 0 Å². The first kappa shape index (κ1) is 10.4. The molecule has 0 aliphatic heterocycles. The summed E-state index contributed by atoms with van der Waals surface area (Å²) in [5, 5.41) is 3.25. The molecule has 0 unspecified atom stereocenters. The van der Waals surface area contributed by atoms with E-state index in [-0.39, 0.29) is 0 Å². The predicted molar refractivity (Wildman–Crippen MR) is 69.2 cm³/mol. The van der Waals surface area contributed by atoms with Crippen molar-refractivity contribution in [1.29, 1.82) is 0 Å². The number of hydrogen-bond acceptors (Lipinski definition) is 3. The van der Waals surface area contributed by atoms with Gasteiger partial charge in [-0.15, -0.1) is 0 Å². The second kappa shape index (κ2) is 4.57. The number of anilines is 2. The first-order chi connectivity index (χ1) is 7.25. The van der Waals surface area contributed by atoms with Gasteiger partial charge in [0.25, 0.3) is 0 Å². The molecular formula is C11H10IN3. The van der Waals surface area contributed by atoms with Crippen LogP contribution in [0.4, 0.5) is 11.5 Å². The summed E-state index contributed by atoms with van der Waals surface area (Å²) >= 11 is 2.21. The van der Waals surface area contributed by atoms with Crippen LogP contribution < -0.4 is 5.32 Å². The van der Waals surface area contributed by atoms with E-state index in [1.165, 1.54) is 5.56 Å². The molecule has 0 bridgehead atoms. The fourth-order valence-corrected chi connectivity index (χ4v) is 1.70. The van der Waals surface area contributed by atoms with E-state index in [1.54, 1.807) is 12.5 Å². The largest absolute Gasteiger partial charge is 0.339 e. The molecule has 1 N–H and O–H groups in total. The summed E-state index contributed by atoms with van der Waals surface area (Å²) in [5.41, 5.74) is 2.27. The van der Waals surface area contributed by atoms with Crippen molar-refractivity contribution < 1.29 is 0 Å². The maximum absolute atomic E-state index is 4.17. The molecule has 0 atom stereocenters. The number of aryl methyl sites for hydroxylation is 1. The van der Waals surface area contributed by atoms with Gasteiger partial charge in [-0.2, -0.15) is 0 Å². The second-order valence-corrected chi connectivity index (χ2v) is 4.38. The number of hydrogen-bond donors (Lipinski definition) is 1. The fraction of sp³-hybridized carbons (Fsp3) is 0.0909. The molecule has 1 aromatic carbocycles. The molecule has 0 amide bonds. The molecule has 3 nitrogen and oxygen atoms in total. The van der Waals surface area contributed by atoms with E-state index >= 15 is 0 Å². The summed E-state index contributed by atoms with van der Waals surface area (Å²) < 4.78 is 1.01. The monoisotopic (exact) mass is 311 g/mol. The topological polar surface area (TPSA) is 37.8 Å². The Morgan fingerprint density at radius 1 is 1.33 bits per heavy atom. The van der Waals surface area contributed by atoms with Crippen LogP contribution in [0.25, 0.3) is 0 Å². The lowest BCUT2D eigenvalue weighted by Crippen LogP contribution is -1.96. The van der Waals surface area contributed by atoms with Crippen LogP contribution in [0.15, 0.2) is 36.8 Å². The molecule has 76 valence electrons. The molecule has 0 radical (unpaired) electrons. The zero-order valence-corrected chi connectivity index (χ0v) is 10.4. The summed E-state index contributed by atoms with van der Waals surface area (Å²) in [6, 6.07) is 8.19. The number of halogens is 1. The van der Waals surface area contributed by atoms with Crippen LogP contribution in [0.5, 0.6) is 0 Å². The number of nitrogens with one attached hydrogen (secondary N) is 1. The number of nitrogens with zero attached hydrogens (tertiary/aromatic N) is 2. The van der Waals surface area contributed by atoms with Crippen LogP contribution in [-0.2, 0) is 0 Å². The smallest absolute Gasteiger partial charge is 0.147 e. The standard InChI is InChI=1S/C11H10IN3/c1-8-3-2-4-9(5-8)15-11-10(12)6-13-7-14-11/h2-7H,1H3,(H,13,14,15). The quantitative estimate of drug-likeness (QED) is 0.866. The van der Waals surface area contributed by atoms with Crippen molar-refractivity contribution in [1.82, 2.24) is 9.97 Å². The minimum absolute atomic E-state index is 0.844. The van der Waals surface area contributed by atoms with Crippen molar-refractivity contribution in [3.05, 3.63) is 45.9 Å². The van der Waals surface area contributed by atoms with E-state index in [0.29, 0.717) is 0 Å². The van der Waals surface area contributed by atoms with E-state index in [9.17, 15) is 0 Å². The lowest BCUT2D eigenvalue weighted by molar-refractivity contribution is 1.15. The maximum Gasteiger partial charge on any atom is 0.147 e. The third-order valence-corrected chi connectivity index (χ3v) is 2.74. The van der Waals surface area contributed by atoms with Gasteiger partial charge in [-0.1, -0.05) is 12.1 Å². The lowest BCUT2D eigenvalue weighted by Gasteiger charge is -2.06. The van der Waals surface area contributed by atoms with Crippen molar-refractivity contribution in [2.24, 2.45) is 0 Å². The molecule has 2 aromatic rings. The van der Waals surface area contributed by atoms with Crippen LogP contribution in [0, 0.1) is 10.5 Å². The highest BCUT2D eigenvalue weighted by Crippen LogP contribution is 2.19. The fourth-order valence-electron chi connectivity index (χ4n) is 1.26. The third-order valence-electron chi connectivity index (χ3n) is 1.95. The van der Waals surface area contributed by atoms with E-state index in [2.05, 4.69) is 56.9 Å². The lowest BCUT2D eigenvalue weighted by atomic mass is 10.2. The van der Waals surface area contributed by atoms with Crippen molar-refractivity contribution in [2.75, 3.05) is 5.32 Å². The average Bonchev–Trinajstić information content (AvgIpc) is 2.22. The van der Waals surface area contributed by atoms with Gasteiger partial charge in [-0.3, -0.25) is 0 Å². The van der Waals surface area contributed by atoms with Crippen LogP contribution in [0.3, 0.4) is 0 Å². The summed E-state index contributed by atoms with van der Waals surface area (Å²) in [6.07, 6.45) is 3.33. The molecule has 1 aromatic heterocycles. The summed E-state index contributed by atoms with van der Waals surface area (Å²) in [6.45, 7) is 2.07. The first-order valence-corrected chi connectivity index (χ1v) is 5.63. The van der Waals surface area contributed by atoms with Gasteiger partial charge in [0.15, 0.2) is 0 Å². The summed E-state index contributed by atoms with van der Waals surface area (Å²) in [7, 11) is 0. The highest BCUT2D eigenvalue weighted by molar-refractivity contribution is 14.1. The Labute approximate surface area is 102 Å². The Bertz CT molecular complexity index is 471. The molecule has 0 fully saturated rings. The average molecular weight is 311 g/mol. The Morgan fingerprint density at radius 3 is 2.93 bits per heavy atom. The minimum atomic E-state index is 0.844. The van der Waals surface area contributed by atoms with Gasteiger partial charge in [0.1, 0.15) is 12.1 Å². The Morgan fingerprint density at radius 2 is 2.20 bits per heavy atom. The Balaban J connectivity index is 2.26. The Kier molecular flexibility index (Phi) is 3.15. The van der Waals surface area contributed by atoms with Gasteiger partial charge < -0.3 is 5.32 Å². The van der Waals surface area contributed by atoms with Gasteiger partial charge in [0.2, 0.25) is 0 Å². The van der Waals surface area contributed by atoms with E-state index < -0.39 is 0 Å². The molecule has 0 saturated carbocycles.